The number of anilines is 1. The van der Waals surface area contributed by atoms with Gasteiger partial charge in [-0.2, -0.15) is 0 Å². The number of imide groups is 1. The first kappa shape index (κ1) is 13.8. The molecule has 1 heterocycles. The van der Waals surface area contributed by atoms with Gasteiger partial charge in [0.25, 0.3) is 0 Å². The molecular formula is C16H17NO4. The lowest BCUT2D eigenvalue weighted by Gasteiger charge is -2.19. The van der Waals surface area contributed by atoms with E-state index >= 15 is 0 Å². The van der Waals surface area contributed by atoms with Gasteiger partial charge in [-0.15, -0.1) is 0 Å². The van der Waals surface area contributed by atoms with E-state index in [9.17, 15) is 14.4 Å². The van der Waals surface area contributed by atoms with Crippen molar-refractivity contribution in [3.63, 3.8) is 0 Å². The zero-order valence-corrected chi connectivity index (χ0v) is 11.9. The highest BCUT2D eigenvalue weighted by Crippen LogP contribution is 2.39. The van der Waals surface area contributed by atoms with E-state index in [-0.39, 0.29) is 29.9 Å². The first-order chi connectivity index (χ1) is 10.1. The van der Waals surface area contributed by atoms with Gasteiger partial charge in [-0.05, 0) is 25.0 Å². The zero-order chi connectivity index (χ0) is 15.0. The summed E-state index contributed by atoms with van der Waals surface area (Å²) >= 11 is 0. The van der Waals surface area contributed by atoms with Crippen molar-refractivity contribution in [1.29, 1.82) is 0 Å². The summed E-state index contributed by atoms with van der Waals surface area (Å²) in [7, 11) is 1.50. The van der Waals surface area contributed by atoms with Crippen LogP contribution in [-0.2, 0) is 14.4 Å². The Labute approximate surface area is 122 Å². The number of ether oxygens (including phenoxy) is 1. The molecule has 1 aliphatic carbocycles. The van der Waals surface area contributed by atoms with E-state index in [1.807, 2.05) is 0 Å². The number of rotatable bonds is 3. The van der Waals surface area contributed by atoms with Crippen LogP contribution in [0.5, 0.6) is 5.75 Å². The van der Waals surface area contributed by atoms with E-state index in [0.29, 0.717) is 24.3 Å². The minimum absolute atomic E-state index is 0.114. The lowest BCUT2D eigenvalue weighted by molar-refractivity contribution is -0.129. The van der Waals surface area contributed by atoms with Crippen LogP contribution >= 0.6 is 0 Å². The van der Waals surface area contributed by atoms with Crippen LogP contribution in [-0.4, -0.2) is 24.7 Å². The highest BCUT2D eigenvalue weighted by Gasteiger charge is 2.47. The first-order valence-corrected chi connectivity index (χ1v) is 7.16. The Morgan fingerprint density at radius 3 is 2.57 bits per heavy atom. The van der Waals surface area contributed by atoms with Crippen LogP contribution in [0.25, 0.3) is 0 Å². The summed E-state index contributed by atoms with van der Waals surface area (Å²) in [6.45, 7) is 0. The molecule has 2 aliphatic rings. The molecule has 3 rings (SSSR count). The topological polar surface area (TPSA) is 63.7 Å². The lowest BCUT2D eigenvalue weighted by Crippen LogP contribution is -2.33. The minimum atomic E-state index is -0.502. The van der Waals surface area contributed by atoms with E-state index < -0.39 is 5.92 Å². The van der Waals surface area contributed by atoms with Gasteiger partial charge in [-0.25, -0.2) is 4.90 Å². The van der Waals surface area contributed by atoms with E-state index in [4.69, 9.17) is 4.74 Å². The Kier molecular flexibility index (Phi) is 3.49. The monoisotopic (exact) mass is 287 g/mol. The summed E-state index contributed by atoms with van der Waals surface area (Å²) in [5.74, 6) is -0.724. The van der Waals surface area contributed by atoms with Gasteiger partial charge >= 0.3 is 0 Å². The van der Waals surface area contributed by atoms with Gasteiger partial charge in [-0.1, -0.05) is 12.1 Å². The van der Waals surface area contributed by atoms with Crippen LogP contribution in [0.2, 0.25) is 0 Å². The maximum atomic E-state index is 12.6. The Morgan fingerprint density at radius 1 is 1.14 bits per heavy atom. The molecule has 5 heteroatoms. The van der Waals surface area contributed by atoms with Crippen LogP contribution in [0, 0.1) is 11.8 Å². The predicted octanol–water partition coefficient (Wildman–Crippen LogP) is 1.94. The van der Waals surface area contributed by atoms with Crippen LogP contribution in [0.15, 0.2) is 24.3 Å². The number of nitrogens with zero attached hydrogens (tertiary/aromatic N) is 1. The smallest absolute Gasteiger partial charge is 0.238 e. The molecule has 2 fully saturated rings. The zero-order valence-electron chi connectivity index (χ0n) is 11.9. The minimum Gasteiger partial charge on any atom is -0.495 e. The summed E-state index contributed by atoms with van der Waals surface area (Å²) in [5.41, 5.74) is 0.461. The number of carbonyl (C=O) groups excluding carboxylic acids is 3. The number of amides is 2. The molecule has 1 aromatic rings. The van der Waals surface area contributed by atoms with Crippen LogP contribution in [0.4, 0.5) is 5.69 Å². The molecule has 1 aromatic carbocycles. The maximum absolute atomic E-state index is 12.6. The van der Waals surface area contributed by atoms with Crippen molar-refractivity contribution in [3.8, 4) is 5.75 Å². The molecule has 1 saturated heterocycles. The largest absolute Gasteiger partial charge is 0.495 e. The van der Waals surface area contributed by atoms with Crippen molar-refractivity contribution in [3.05, 3.63) is 24.3 Å². The van der Waals surface area contributed by atoms with Gasteiger partial charge in [0.05, 0.1) is 18.7 Å². The number of para-hydroxylation sites is 2. The third-order valence-electron chi connectivity index (χ3n) is 4.35. The number of hydrogen-bond donors (Lipinski definition) is 0. The molecule has 110 valence electrons. The third-order valence-corrected chi connectivity index (χ3v) is 4.35. The highest BCUT2D eigenvalue weighted by atomic mass is 16.5. The van der Waals surface area contributed by atoms with Gasteiger partial charge in [0.1, 0.15) is 11.5 Å². The third kappa shape index (κ3) is 2.22. The van der Waals surface area contributed by atoms with E-state index in [1.54, 1.807) is 24.3 Å². The number of benzene rings is 1. The van der Waals surface area contributed by atoms with Crippen LogP contribution < -0.4 is 9.64 Å². The number of methoxy groups -OCH3 is 1. The quantitative estimate of drug-likeness (QED) is 0.797. The van der Waals surface area contributed by atoms with Crippen LogP contribution in [0.3, 0.4) is 0 Å². The first-order valence-electron chi connectivity index (χ1n) is 7.16. The Bertz CT molecular complexity index is 610. The standard InChI is InChI=1S/C16H17NO4/c1-21-14-8-3-2-6-12(14)17-15(19)9-11(16(17)20)10-5-4-7-13(10)18/h2-3,6,8,10-11H,4-5,7,9H2,1H3. The molecular weight excluding hydrogens is 270 g/mol. The number of hydrogen-bond acceptors (Lipinski definition) is 4. The van der Waals surface area contributed by atoms with Gasteiger partial charge in [-0.3, -0.25) is 14.4 Å². The number of ketones is 1. The molecule has 0 bridgehead atoms. The number of Topliss-reactive ketones (excluding diaryl/α,β-unsaturated/α-hetero) is 1. The van der Waals surface area contributed by atoms with Crippen LogP contribution in [0.1, 0.15) is 25.7 Å². The van der Waals surface area contributed by atoms with Gasteiger partial charge in [0, 0.05) is 18.8 Å². The molecule has 2 atom stereocenters. The molecule has 1 aliphatic heterocycles. The molecule has 0 radical (unpaired) electrons. The Hall–Kier alpha value is -2.17. The summed E-state index contributed by atoms with van der Waals surface area (Å²) in [5, 5.41) is 0. The summed E-state index contributed by atoms with van der Waals surface area (Å²) in [6.07, 6.45) is 2.17. The molecule has 0 N–H and O–H groups in total. The predicted molar refractivity (Wildman–Crippen MR) is 75.9 cm³/mol. The van der Waals surface area contributed by atoms with Crippen molar-refractivity contribution in [1.82, 2.24) is 0 Å². The fourth-order valence-electron chi connectivity index (χ4n) is 3.31. The molecule has 0 spiro atoms. The van der Waals surface area contributed by atoms with Crippen molar-refractivity contribution < 1.29 is 19.1 Å². The Morgan fingerprint density at radius 2 is 1.90 bits per heavy atom. The van der Waals surface area contributed by atoms with Gasteiger partial charge < -0.3 is 4.74 Å². The summed E-state index contributed by atoms with van der Waals surface area (Å²) in [4.78, 5) is 37.9. The lowest BCUT2D eigenvalue weighted by atomic mass is 9.89. The van der Waals surface area contributed by atoms with E-state index in [0.717, 1.165) is 6.42 Å². The molecule has 2 amide bonds. The van der Waals surface area contributed by atoms with Gasteiger partial charge in [0.2, 0.25) is 11.8 Å². The molecule has 0 aromatic heterocycles. The fraction of sp³-hybridized carbons (Fsp3) is 0.438. The average Bonchev–Trinajstić information content (AvgIpc) is 3.02. The van der Waals surface area contributed by atoms with Crippen molar-refractivity contribution >= 4 is 23.3 Å². The Balaban J connectivity index is 1.92. The molecule has 5 nitrogen and oxygen atoms in total. The summed E-state index contributed by atoms with van der Waals surface area (Å²) < 4.78 is 5.22. The average molecular weight is 287 g/mol. The van der Waals surface area contributed by atoms with Crippen molar-refractivity contribution in [2.75, 3.05) is 12.0 Å². The summed E-state index contributed by atoms with van der Waals surface area (Å²) in [6, 6.07) is 6.94. The second kappa shape index (κ2) is 5.31. The second-order valence-electron chi connectivity index (χ2n) is 5.51. The highest BCUT2D eigenvalue weighted by molar-refractivity contribution is 6.22. The normalized spacial score (nSPS) is 25.8. The van der Waals surface area contributed by atoms with Crippen molar-refractivity contribution in [2.45, 2.75) is 25.7 Å². The van der Waals surface area contributed by atoms with E-state index in [1.165, 1.54) is 12.0 Å². The molecule has 21 heavy (non-hydrogen) atoms. The van der Waals surface area contributed by atoms with E-state index in [2.05, 4.69) is 0 Å². The maximum Gasteiger partial charge on any atom is 0.238 e. The molecule has 2 unspecified atom stereocenters. The molecule has 1 saturated carbocycles. The second-order valence-corrected chi connectivity index (χ2v) is 5.51. The number of carbonyl (C=O) groups is 3. The fourth-order valence-corrected chi connectivity index (χ4v) is 3.31. The van der Waals surface area contributed by atoms with Crippen molar-refractivity contribution in [2.24, 2.45) is 11.8 Å². The SMILES string of the molecule is COc1ccccc1N1C(=O)CC(C2CCCC2=O)C1=O. The van der Waals surface area contributed by atoms with Gasteiger partial charge in [0.15, 0.2) is 0 Å².